The van der Waals surface area contributed by atoms with Gasteiger partial charge in [0.1, 0.15) is 0 Å². The second kappa shape index (κ2) is 6.17. The number of thiocarbonyl (C=S) groups is 1. The van der Waals surface area contributed by atoms with Gasteiger partial charge in [-0.25, -0.2) is 4.98 Å². The first-order valence-electron chi connectivity index (χ1n) is 6.67. The predicted molar refractivity (Wildman–Crippen MR) is 93.1 cm³/mol. The Morgan fingerprint density at radius 2 is 2.33 bits per heavy atom. The minimum atomic E-state index is 0.316. The Morgan fingerprint density at radius 1 is 1.48 bits per heavy atom. The molecule has 4 N–H and O–H groups in total. The van der Waals surface area contributed by atoms with E-state index in [1.54, 1.807) is 11.3 Å². The first kappa shape index (κ1) is 14.6. The molecule has 0 radical (unpaired) electrons. The van der Waals surface area contributed by atoms with Gasteiger partial charge in [-0.2, -0.15) is 0 Å². The van der Waals surface area contributed by atoms with E-state index >= 15 is 0 Å². The van der Waals surface area contributed by atoms with Crippen molar-refractivity contribution in [3.05, 3.63) is 39.9 Å². The van der Waals surface area contributed by atoms with Crippen LogP contribution in [0.5, 0.6) is 0 Å². The molecule has 0 saturated carbocycles. The number of benzene rings is 1. The summed E-state index contributed by atoms with van der Waals surface area (Å²) in [6.07, 6.45) is 2.87. The van der Waals surface area contributed by atoms with Crippen molar-refractivity contribution < 1.29 is 0 Å². The van der Waals surface area contributed by atoms with Crippen molar-refractivity contribution in [3.63, 3.8) is 0 Å². The fourth-order valence-corrected chi connectivity index (χ4v) is 3.87. The Kier molecular flexibility index (Phi) is 4.28. The molecule has 1 aliphatic rings. The Labute approximate surface area is 137 Å². The average molecular weight is 339 g/mol. The lowest BCUT2D eigenvalue weighted by molar-refractivity contribution is 0.531. The van der Waals surface area contributed by atoms with Crippen LogP contribution in [0, 0.1) is 0 Å². The van der Waals surface area contributed by atoms with Crippen LogP contribution in [0.1, 0.15) is 17.0 Å². The van der Waals surface area contributed by atoms with Crippen molar-refractivity contribution >= 4 is 51.1 Å². The van der Waals surface area contributed by atoms with Crippen LogP contribution in [-0.2, 0) is 12.8 Å². The number of rotatable bonds is 2. The van der Waals surface area contributed by atoms with E-state index in [-0.39, 0.29) is 0 Å². The van der Waals surface area contributed by atoms with Crippen LogP contribution in [0.4, 0.5) is 10.8 Å². The highest BCUT2D eigenvalue weighted by Gasteiger charge is 2.22. The minimum Gasteiger partial charge on any atom is -0.375 e. The van der Waals surface area contributed by atoms with Gasteiger partial charge >= 0.3 is 0 Å². The third kappa shape index (κ3) is 3.64. The molecule has 1 atom stereocenters. The lowest BCUT2D eigenvalue weighted by Gasteiger charge is -2.24. The molecule has 4 nitrogen and oxygen atoms in total. The molecule has 7 heteroatoms. The van der Waals surface area contributed by atoms with E-state index < -0.39 is 0 Å². The first-order chi connectivity index (χ1) is 10.1. The summed E-state index contributed by atoms with van der Waals surface area (Å²) in [5.74, 6) is 0. The maximum Gasteiger partial charge on any atom is 0.180 e. The standard InChI is InChI=1S/C14H15ClN4S2/c15-8-2-1-3-9(6-8)17-14(20)18-10-4-5-11-12(7-10)21-13(16)19-11/h1-3,6,10H,4-5,7H2,(H2,16,19)(H2,17,18,20). The smallest absolute Gasteiger partial charge is 0.180 e. The van der Waals surface area contributed by atoms with Gasteiger partial charge < -0.3 is 16.4 Å². The molecule has 1 heterocycles. The Morgan fingerprint density at radius 3 is 3.14 bits per heavy atom. The van der Waals surface area contributed by atoms with Gasteiger partial charge in [-0.15, -0.1) is 11.3 Å². The number of aromatic nitrogens is 1. The van der Waals surface area contributed by atoms with Crippen LogP contribution in [-0.4, -0.2) is 16.1 Å². The predicted octanol–water partition coefficient (Wildman–Crippen LogP) is 3.22. The fourth-order valence-electron chi connectivity index (χ4n) is 2.44. The van der Waals surface area contributed by atoms with E-state index in [1.165, 1.54) is 4.88 Å². The largest absolute Gasteiger partial charge is 0.375 e. The first-order valence-corrected chi connectivity index (χ1v) is 8.27. The second-order valence-electron chi connectivity index (χ2n) is 4.97. The molecule has 0 fully saturated rings. The number of hydrogen-bond acceptors (Lipinski definition) is 4. The molecule has 1 aromatic heterocycles. The van der Waals surface area contributed by atoms with Crippen molar-refractivity contribution in [3.8, 4) is 0 Å². The number of fused-ring (bicyclic) bond motifs is 1. The van der Waals surface area contributed by atoms with Crippen molar-refractivity contribution in [2.75, 3.05) is 11.1 Å². The molecule has 0 saturated heterocycles. The SMILES string of the molecule is Nc1nc2c(s1)CC(NC(=S)Nc1cccc(Cl)c1)CC2. The quantitative estimate of drug-likeness (QED) is 0.734. The molecule has 0 amide bonds. The number of halogens is 1. The number of nitrogen functional groups attached to an aromatic ring is 1. The number of nitrogens with one attached hydrogen (secondary N) is 2. The maximum absolute atomic E-state index is 5.96. The molecular formula is C14H15ClN4S2. The van der Waals surface area contributed by atoms with E-state index in [2.05, 4.69) is 15.6 Å². The lowest BCUT2D eigenvalue weighted by atomic mass is 9.98. The van der Waals surface area contributed by atoms with Crippen LogP contribution in [0.15, 0.2) is 24.3 Å². The number of nitrogens with zero attached hydrogens (tertiary/aromatic N) is 1. The second-order valence-corrected chi connectivity index (χ2v) is 6.93. The van der Waals surface area contributed by atoms with Gasteiger partial charge in [-0.3, -0.25) is 0 Å². The number of aryl methyl sites for hydroxylation is 1. The normalized spacial score (nSPS) is 17.1. The van der Waals surface area contributed by atoms with E-state index in [4.69, 9.17) is 29.6 Å². The van der Waals surface area contributed by atoms with Crippen LogP contribution < -0.4 is 16.4 Å². The number of hydrogen-bond donors (Lipinski definition) is 3. The molecule has 1 unspecified atom stereocenters. The van der Waals surface area contributed by atoms with Gasteiger partial charge in [-0.05, 0) is 43.3 Å². The van der Waals surface area contributed by atoms with Crippen LogP contribution >= 0.6 is 35.2 Å². The lowest BCUT2D eigenvalue weighted by Crippen LogP contribution is -2.40. The zero-order valence-corrected chi connectivity index (χ0v) is 13.6. The molecule has 0 spiro atoms. The molecule has 3 rings (SSSR count). The molecule has 2 aromatic rings. The zero-order chi connectivity index (χ0) is 14.8. The molecular weight excluding hydrogens is 324 g/mol. The van der Waals surface area contributed by atoms with Crippen LogP contribution in [0.2, 0.25) is 5.02 Å². The zero-order valence-electron chi connectivity index (χ0n) is 11.2. The van der Waals surface area contributed by atoms with Gasteiger partial charge in [0, 0.05) is 28.0 Å². The fraction of sp³-hybridized carbons (Fsp3) is 0.286. The summed E-state index contributed by atoms with van der Waals surface area (Å²) in [5.41, 5.74) is 7.79. The molecule has 1 aliphatic carbocycles. The minimum absolute atomic E-state index is 0.316. The average Bonchev–Trinajstić information content (AvgIpc) is 2.78. The van der Waals surface area contributed by atoms with E-state index in [1.807, 2.05) is 24.3 Å². The van der Waals surface area contributed by atoms with E-state index in [0.717, 1.165) is 30.6 Å². The maximum atomic E-state index is 5.96. The van der Waals surface area contributed by atoms with Gasteiger partial charge in [0.05, 0.1) is 5.69 Å². The highest BCUT2D eigenvalue weighted by molar-refractivity contribution is 7.80. The van der Waals surface area contributed by atoms with Crippen molar-refractivity contribution in [2.45, 2.75) is 25.3 Å². The van der Waals surface area contributed by atoms with Gasteiger partial charge in [0.15, 0.2) is 10.2 Å². The third-order valence-electron chi connectivity index (χ3n) is 3.37. The summed E-state index contributed by atoms with van der Waals surface area (Å²) in [6.45, 7) is 0. The molecule has 110 valence electrons. The van der Waals surface area contributed by atoms with E-state index in [0.29, 0.717) is 21.3 Å². The summed E-state index contributed by atoms with van der Waals surface area (Å²) < 4.78 is 0. The molecule has 0 aliphatic heterocycles. The molecule has 0 bridgehead atoms. The Balaban J connectivity index is 1.59. The summed E-state index contributed by atoms with van der Waals surface area (Å²) in [6, 6.07) is 7.82. The van der Waals surface area contributed by atoms with E-state index in [9.17, 15) is 0 Å². The summed E-state index contributed by atoms with van der Waals surface area (Å²) >= 11 is 12.9. The topological polar surface area (TPSA) is 63.0 Å². The highest BCUT2D eigenvalue weighted by Crippen LogP contribution is 2.28. The summed E-state index contributed by atoms with van der Waals surface area (Å²) in [7, 11) is 0. The monoisotopic (exact) mass is 338 g/mol. The van der Waals surface area contributed by atoms with Gasteiger partial charge in [0.25, 0.3) is 0 Å². The number of anilines is 2. The number of nitrogens with two attached hydrogens (primary N) is 1. The Bertz CT molecular complexity index is 671. The summed E-state index contributed by atoms with van der Waals surface area (Å²) in [5, 5.41) is 8.46. The van der Waals surface area contributed by atoms with Crippen molar-refractivity contribution in [1.29, 1.82) is 0 Å². The number of thiazole rings is 1. The van der Waals surface area contributed by atoms with Crippen LogP contribution in [0.25, 0.3) is 0 Å². The van der Waals surface area contributed by atoms with Gasteiger partial charge in [0.2, 0.25) is 0 Å². The highest BCUT2D eigenvalue weighted by atomic mass is 35.5. The molecule has 21 heavy (non-hydrogen) atoms. The Hall–Kier alpha value is -1.37. The summed E-state index contributed by atoms with van der Waals surface area (Å²) in [4.78, 5) is 5.61. The molecule has 1 aromatic carbocycles. The van der Waals surface area contributed by atoms with Gasteiger partial charge in [-0.1, -0.05) is 17.7 Å². The third-order valence-corrected chi connectivity index (χ3v) is 4.78. The van der Waals surface area contributed by atoms with Crippen molar-refractivity contribution in [2.24, 2.45) is 0 Å². The van der Waals surface area contributed by atoms with Crippen molar-refractivity contribution in [1.82, 2.24) is 10.3 Å². The van der Waals surface area contributed by atoms with Crippen LogP contribution in [0.3, 0.4) is 0 Å².